The fourth-order valence-corrected chi connectivity index (χ4v) is 2.94. The summed E-state index contributed by atoms with van der Waals surface area (Å²) in [7, 11) is 4.30. The maximum absolute atomic E-state index is 3.28. The van der Waals surface area contributed by atoms with E-state index < -0.39 is 0 Å². The highest BCUT2D eigenvalue weighted by molar-refractivity contribution is 4.85. The molecular weight excluding hydrogens is 198 g/mol. The highest BCUT2D eigenvalue weighted by Crippen LogP contribution is 2.20. The summed E-state index contributed by atoms with van der Waals surface area (Å²) in [6, 6.07) is 2.07. The predicted molar refractivity (Wildman–Crippen MR) is 70.9 cm³/mol. The van der Waals surface area contributed by atoms with Gasteiger partial charge in [0.1, 0.15) is 0 Å². The van der Waals surface area contributed by atoms with Crippen LogP contribution in [0.3, 0.4) is 0 Å². The lowest BCUT2D eigenvalue weighted by atomic mass is 10.1. The van der Waals surface area contributed by atoms with Crippen LogP contribution in [-0.2, 0) is 0 Å². The number of likely N-dealkylation sites (N-methyl/N-ethyl adjacent to an activating group) is 1. The van der Waals surface area contributed by atoms with Crippen molar-refractivity contribution < 1.29 is 0 Å². The molecule has 0 bridgehead atoms. The summed E-state index contributed by atoms with van der Waals surface area (Å²) < 4.78 is 0. The van der Waals surface area contributed by atoms with Crippen molar-refractivity contribution in [1.29, 1.82) is 0 Å². The molecule has 1 aliphatic rings. The van der Waals surface area contributed by atoms with Gasteiger partial charge in [-0.25, -0.2) is 0 Å². The lowest BCUT2D eigenvalue weighted by Gasteiger charge is -2.38. The first-order valence-corrected chi connectivity index (χ1v) is 6.66. The molecule has 3 nitrogen and oxygen atoms in total. The van der Waals surface area contributed by atoms with Crippen LogP contribution in [0.1, 0.15) is 33.6 Å². The van der Waals surface area contributed by atoms with Crippen molar-refractivity contribution in [2.75, 3.05) is 33.7 Å². The summed E-state index contributed by atoms with van der Waals surface area (Å²) in [5, 5.41) is 3.28. The van der Waals surface area contributed by atoms with Gasteiger partial charge in [-0.15, -0.1) is 0 Å². The molecule has 0 radical (unpaired) electrons. The van der Waals surface area contributed by atoms with Crippen LogP contribution in [0.5, 0.6) is 0 Å². The van der Waals surface area contributed by atoms with Gasteiger partial charge in [0.15, 0.2) is 0 Å². The Morgan fingerprint density at radius 3 is 2.62 bits per heavy atom. The van der Waals surface area contributed by atoms with Gasteiger partial charge in [-0.3, -0.25) is 4.90 Å². The van der Waals surface area contributed by atoms with E-state index in [1.165, 1.54) is 25.9 Å². The highest BCUT2D eigenvalue weighted by atomic mass is 15.3. The maximum atomic E-state index is 3.28. The molecule has 3 heteroatoms. The quantitative estimate of drug-likeness (QED) is 0.783. The van der Waals surface area contributed by atoms with E-state index in [0.717, 1.165) is 6.54 Å². The zero-order chi connectivity index (χ0) is 12.1. The van der Waals surface area contributed by atoms with Crippen LogP contribution in [0, 0.1) is 0 Å². The van der Waals surface area contributed by atoms with Gasteiger partial charge in [0.05, 0.1) is 0 Å². The van der Waals surface area contributed by atoms with E-state index in [-0.39, 0.29) is 0 Å². The van der Waals surface area contributed by atoms with Crippen LogP contribution in [0.15, 0.2) is 0 Å². The Morgan fingerprint density at radius 1 is 1.38 bits per heavy atom. The molecule has 0 saturated carbocycles. The number of hydrogen-bond donors (Lipinski definition) is 1. The first-order valence-electron chi connectivity index (χ1n) is 6.66. The van der Waals surface area contributed by atoms with Crippen molar-refractivity contribution in [2.45, 2.75) is 51.7 Å². The molecule has 96 valence electrons. The fourth-order valence-electron chi connectivity index (χ4n) is 2.94. The lowest BCUT2D eigenvalue weighted by Crippen LogP contribution is -2.48. The van der Waals surface area contributed by atoms with Gasteiger partial charge < -0.3 is 10.2 Å². The zero-order valence-corrected chi connectivity index (χ0v) is 11.7. The van der Waals surface area contributed by atoms with E-state index in [1.54, 1.807) is 0 Å². The molecular formula is C13H29N3. The summed E-state index contributed by atoms with van der Waals surface area (Å²) >= 11 is 0. The van der Waals surface area contributed by atoms with E-state index >= 15 is 0 Å². The topological polar surface area (TPSA) is 18.5 Å². The van der Waals surface area contributed by atoms with E-state index in [2.05, 4.69) is 42.9 Å². The first kappa shape index (κ1) is 13.9. The number of nitrogens with one attached hydrogen (secondary N) is 1. The maximum Gasteiger partial charge on any atom is 0.0240 e. The van der Waals surface area contributed by atoms with Gasteiger partial charge in [-0.2, -0.15) is 0 Å². The Morgan fingerprint density at radius 2 is 2.06 bits per heavy atom. The molecule has 0 aromatic rings. The third kappa shape index (κ3) is 3.72. The summed E-state index contributed by atoms with van der Waals surface area (Å²) in [6.07, 6.45) is 2.55. The molecule has 1 saturated heterocycles. The second kappa shape index (κ2) is 6.58. The Hall–Kier alpha value is -0.120. The monoisotopic (exact) mass is 227 g/mol. The molecule has 1 fully saturated rings. The van der Waals surface area contributed by atoms with Crippen molar-refractivity contribution >= 4 is 0 Å². The van der Waals surface area contributed by atoms with Crippen LogP contribution in [0.2, 0.25) is 0 Å². The number of hydrogen-bond acceptors (Lipinski definition) is 3. The second-order valence-electron chi connectivity index (χ2n) is 5.49. The molecule has 16 heavy (non-hydrogen) atoms. The van der Waals surface area contributed by atoms with Crippen LogP contribution < -0.4 is 5.32 Å². The molecule has 0 aliphatic carbocycles. The van der Waals surface area contributed by atoms with Crippen molar-refractivity contribution in [3.63, 3.8) is 0 Å². The molecule has 2 atom stereocenters. The second-order valence-corrected chi connectivity index (χ2v) is 5.49. The Bertz CT molecular complexity index is 194. The van der Waals surface area contributed by atoms with Gasteiger partial charge in [-0.1, -0.05) is 0 Å². The van der Waals surface area contributed by atoms with E-state index in [0.29, 0.717) is 18.1 Å². The smallest absolute Gasteiger partial charge is 0.0240 e. The lowest BCUT2D eigenvalue weighted by molar-refractivity contribution is 0.100. The highest BCUT2D eigenvalue weighted by Gasteiger charge is 2.29. The van der Waals surface area contributed by atoms with Crippen molar-refractivity contribution in [3.8, 4) is 0 Å². The largest absolute Gasteiger partial charge is 0.320 e. The average Bonchev–Trinajstić information content (AvgIpc) is 2.35. The summed E-state index contributed by atoms with van der Waals surface area (Å²) in [5.74, 6) is 0. The molecule has 1 heterocycles. The van der Waals surface area contributed by atoms with Gasteiger partial charge in [0, 0.05) is 24.7 Å². The summed E-state index contributed by atoms with van der Waals surface area (Å²) in [6.45, 7) is 10.6. The van der Waals surface area contributed by atoms with Crippen LogP contribution in [0.4, 0.5) is 0 Å². The van der Waals surface area contributed by atoms with Crippen molar-refractivity contribution in [2.24, 2.45) is 0 Å². The fraction of sp³-hybridized carbons (Fsp3) is 1.00. The van der Waals surface area contributed by atoms with E-state index in [1.807, 2.05) is 7.05 Å². The normalized spacial score (nSPS) is 29.6. The molecule has 1 rings (SSSR count). The van der Waals surface area contributed by atoms with Crippen LogP contribution >= 0.6 is 0 Å². The van der Waals surface area contributed by atoms with E-state index in [9.17, 15) is 0 Å². The average molecular weight is 227 g/mol. The minimum absolute atomic E-state index is 0.656. The molecule has 0 spiro atoms. The number of nitrogens with zero attached hydrogens (tertiary/aromatic N) is 2. The summed E-state index contributed by atoms with van der Waals surface area (Å²) in [5.41, 5.74) is 0. The van der Waals surface area contributed by atoms with Gasteiger partial charge in [0.25, 0.3) is 0 Å². The minimum atomic E-state index is 0.656. The molecule has 0 aromatic carbocycles. The van der Waals surface area contributed by atoms with Crippen LogP contribution in [0.25, 0.3) is 0 Å². The van der Waals surface area contributed by atoms with Gasteiger partial charge >= 0.3 is 0 Å². The van der Waals surface area contributed by atoms with Crippen LogP contribution in [-0.4, -0.2) is 61.7 Å². The molecule has 1 N–H and O–H groups in total. The predicted octanol–water partition coefficient (Wildman–Crippen LogP) is 1.40. The first-order chi connectivity index (χ1) is 7.56. The van der Waals surface area contributed by atoms with Crippen molar-refractivity contribution in [1.82, 2.24) is 15.1 Å². The standard InChI is InChI=1S/C13H29N3/c1-11(2)16-12(3)7-9-15(5)10-13(16)6-8-14-4/h11-14H,6-10H2,1-5H3. The zero-order valence-electron chi connectivity index (χ0n) is 11.7. The molecule has 0 aromatic heterocycles. The summed E-state index contributed by atoms with van der Waals surface area (Å²) in [4.78, 5) is 5.19. The Labute approximate surface area is 101 Å². The SMILES string of the molecule is CNCCC1CN(C)CCC(C)N1C(C)C. The Balaban J connectivity index is 2.69. The van der Waals surface area contributed by atoms with Gasteiger partial charge in [-0.05, 0) is 60.8 Å². The van der Waals surface area contributed by atoms with E-state index in [4.69, 9.17) is 0 Å². The van der Waals surface area contributed by atoms with Gasteiger partial charge in [0.2, 0.25) is 0 Å². The molecule has 0 amide bonds. The Kier molecular flexibility index (Phi) is 5.73. The minimum Gasteiger partial charge on any atom is -0.320 e. The third-order valence-corrected chi connectivity index (χ3v) is 3.71. The third-order valence-electron chi connectivity index (χ3n) is 3.71. The van der Waals surface area contributed by atoms with Crippen molar-refractivity contribution in [3.05, 3.63) is 0 Å². The molecule has 2 unspecified atom stereocenters. The number of rotatable bonds is 4. The molecule has 1 aliphatic heterocycles.